The maximum absolute atomic E-state index is 2.71. The topological polar surface area (TPSA) is 9.72 Å². The molecule has 2 aliphatic rings. The van der Waals surface area contributed by atoms with Gasteiger partial charge in [-0.05, 0) is 58.7 Å². The minimum atomic E-state index is 0.325. The number of piperazine rings is 1. The fourth-order valence-electron chi connectivity index (χ4n) is 3.84. The summed E-state index contributed by atoms with van der Waals surface area (Å²) in [7, 11) is 2.24. The van der Waals surface area contributed by atoms with Crippen molar-refractivity contribution in [3.05, 3.63) is 0 Å². The van der Waals surface area contributed by atoms with Gasteiger partial charge in [0, 0.05) is 38.3 Å². The van der Waals surface area contributed by atoms with Crippen LogP contribution in [-0.2, 0) is 0 Å². The van der Waals surface area contributed by atoms with Gasteiger partial charge in [0.25, 0.3) is 0 Å². The van der Waals surface area contributed by atoms with E-state index in [4.69, 9.17) is 0 Å². The fraction of sp³-hybridized carbons (Fsp3) is 1.00. The molecule has 0 atom stereocenters. The number of nitrogens with zero attached hydrogens (tertiary/aromatic N) is 3. The Kier molecular flexibility index (Phi) is 5.49. The maximum Gasteiger partial charge on any atom is 0.0281 e. The van der Waals surface area contributed by atoms with Crippen LogP contribution in [0.4, 0.5) is 0 Å². The van der Waals surface area contributed by atoms with E-state index in [9.17, 15) is 0 Å². The average molecular weight is 281 g/mol. The number of likely N-dealkylation sites (tertiary alicyclic amines) is 1. The Morgan fingerprint density at radius 2 is 1.50 bits per heavy atom. The number of hydrogen-bond acceptors (Lipinski definition) is 3. The first-order valence-electron chi connectivity index (χ1n) is 8.54. The van der Waals surface area contributed by atoms with Gasteiger partial charge in [-0.1, -0.05) is 13.8 Å². The number of likely N-dealkylation sites (N-methyl/N-ethyl adjacent to an activating group) is 1. The van der Waals surface area contributed by atoms with Gasteiger partial charge in [-0.25, -0.2) is 0 Å². The van der Waals surface area contributed by atoms with Crippen LogP contribution in [0.3, 0.4) is 0 Å². The smallest absolute Gasteiger partial charge is 0.0281 e. The van der Waals surface area contributed by atoms with Crippen LogP contribution in [0.1, 0.15) is 40.5 Å². The minimum Gasteiger partial charge on any atom is -0.304 e. The molecule has 118 valence electrons. The summed E-state index contributed by atoms with van der Waals surface area (Å²) in [5.41, 5.74) is 0.325. The first-order chi connectivity index (χ1) is 9.38. The van der Waals surface area contributed by atoms with Gasteiger partial charge in [0.2, 0.25) is 0 Å². The van der Waals surface area contributed by atoms with Crippen LogP contribution in [0.15, 0.2) is 0 Å². The molecule has 0 spiro atoms. The van der Waals surface area contributed by atoms with Crippen LogP contribution in [0.25, 0.3) is 0 Å². The van der Waals surface area contributed by atoms with Crippen molar-refractivity contribution in [3.63, 3.8) is 0 Å². The Morgan fingerprint density at radius 3 is 2.00 bits per heavy atom. The van der Waals surface area contributed by atoms with Gasteiger partial charge in [0.15, 0.2) is 0 Å². The zero-order chi connectivity index (χ0) is 14.8. The largest absolute Gasteiger partial charge is 0.304 e. The summed E-state index contributed by atoms with van der Waals surface area (Å²) in [6.07, 6.45) is 2.80. The average Bonchev–Trinajstić information content (AvgIpc) is 2.39. The predicted molar refractivity (Wildman–Crippen MR) is 87.2 cm³/mol. The van der Waals surface area contributed by atoms with Gasteiger partial charge in [-0.15, -0.1) is 0 Å². The van der Waals surface area contributed by atoms with Crippen LogP contribution in [0.5, 0.6) is 0 Å². The third kappa shape index (κ3) is 4.19. The van der Waals surface area contributed by atoms with Crippen molar-refractivity contribution < 1.29 is 0 Å². The molecule has 2 heterocycles. The van der Waals surface area contributed by atoms with Crippen molar-refractivity contribution in [3.8, 4) is 0 Å². The van der Waals surface area contributed by atoms with Gasteiger partial charge >= 0.3 is 0 Å². The Labute approximate surface area is 126 Å². The molecule has 3 nitrogen and oxygen atoms in total. The zero-order valence-electron chi connectivity index (χ0n) is 14.4. The van der Waals surface area contributed by atoms with Crippen molar-refractivity contribution in [2.75, 3.05) is 52.9 Å². The molecule has 0 N–H and O–H groups in total. The Hall–Kier alpha value is -0.120. The van der Waals surface area contributed by atoms with E-state index < -0.39 is 0 Å². The number of hydrogen-bond donors (Lipinski definition) is 0. The highest BCUT2D eigenvalue weighted by Crippen LogP contribution is 2.26. The van der Waals surface area contributed by atoms with Crippen molar-refractivity contribution >= 4 is 0 Å². The van der Waals surface area contributed by atoms with Gasteiger partial charge in [-0.3, -0.25) is 4.90 Å². The molecule has 2 aliphatic heterocycles. The van der Waals surface area contributed by atoms with Crippen LogP contribution >= 0.6 is 0 Å². The van der Waals surface area contributed by atoms with Crippen molar-refractivity contribution in [2.45, 2.75) is 46.1 Å². The summed E-state index contributed by atoms with van der Waals surface area (Å²) in [5.74, 6) is 1.82. The Morgan fingerprint density at radius 1 is 0.950 bits per heavy atom. The lowest BCUT2D eigenvalue weighted by Crippen LogP contribution is -2.58. The fourth-order valence-corrected chi connectivity index (χ4v) is 3.84. The standard InChI is InChI=1S/C17H35N3/c1-15(2)16-6-8-19(9-7-16)14-17(3,4)20-12-10-18(5)11-13-20/h15-16H,6-14H2,1-5H3. The molecule has 3 heteroatoms. The van der Waals surface area contributed by atoms with Crippen LogP contribution in [0, 0.1) is 11.8 Å². The molecule has 0 amide bonds. The molecular formula is C17H35N3. The second-order valence-electron chi connectivity index (χ2n) is 7.96. The van der Waals surface area contributed by atoms with Gasteiger partial charge in [-0.2, -0.15) is 0 Å². The highest BCUT2D eigenvalue weighted by molar-refractivity contribution is 4.89. The molecule has 0 radical (unpaired) electrons. The molecular weight excluding hydrogens is 246 g/mol. The van der Waals surface area contributed by atoms with Crippen LogP contribution in [-0.4, -0.2) is 73.1 Å². The molecule has 0 aromatic heterocycles. The second kappa shape index (κ2) is 6.76. The second-order valence-corrected chi connectivity index (χ2v) is 7.96. The molecule has 2 fully saturated rings. The lowest BCUT2D eigenvalue weighted by Gasteiger charge is -2.46. The zero-order valence-corrected chi connectivity index (χ0v) is 14.4. The summed E-state index contributed by atoms with van der Waals surface area (Å²) in [6.45, 7) is 18.4. The van der Waals surface area contributed by atoms with Gasteiger partial charge in [0.1, 0.15) is 0 Å². The van der Waals surface area contributed by atoms with Crippen LogP contribution < -0.4 is 0 Å². The van der Waals surface area contributed by atoms with Crippen molar-refractivity contribution in [2.24, 2.45) is 11.8 Å². The third-order valence-corrected chi connectivity index (χ3v) is 5.54. The first kappa shape index (κ1) is 16.3. The molecule has 0 aliphatic carbocycles. The Bertz CT molecular complexity index is 285. The molecule has 0 saturated carbocycles. The highest BCUT2D eigenvalue weighted by Gasteiger charge is 2.32. The van der Waals surface area contributed by atoms with E-state index in [1.807, 2.05) is 0 Å². The summed E-state index contributed by atoms with van der Waals surface area (Å²) in [5, 5.41) is 0. The molecule has 0 aromatic rings. The number of rotatable bonds is 4. The summed E-state index contributed by atoms with van der Waals surface area (Å²) < 4.78 is 0. The summed E-state index contributed by atoms with van der Waals surface area (Å²) in [6, 6.07) is 0. The van der Waals surface area contributed by atoms with E-state index in [1.165, 1.54) is 58.7 Å². The van der Waals surface area contributed by atoms with E-state index in [2.05, 4.69) is 49.4 Å². The predicted octanol–water partition coefficient (Wildman–Crippen LogP) is 2.38. The van der Waals surface area contributed by atoms with Crippen molar-refractivity contribution in [1.82, 2.24) is 14.7 Å². The van der Waals surface area contributed by atoms with Gasteiger partial charge < -0.3 is 9.80 Å². The van der Waals surface area contributed by atoms with E-state index in [0.717, 1.165) is 11.8 Å². The third-order valence-electron chi connectivity index (χ3n) is 5.54. The molecule has 0 bridgehead atoms. The lowest BCUT2D eigenvalue weighted by atomic mass is 9.86. The monoisotopic (exact) mass is 281 g/mol. The minimum absolute atomic E-state index is 0.325. The lowest BCUT2D eigenvalue weighted by molar-refractivity contribution is 0.0247. The number of piperidine rings is 1. The van der Waals surface area contributed by atoms with Gasteiger partial charge in [0.05, 0.1) is 0 Å². The van der Waals surface area contributed by atoms with E-state index in [-0.39, 0.29) is 0 Å². The molecule has 0 unspecified atom stereocenters. The van der Waals surface area contributed by atoms with E-state index >= 15 is 0 Å². The summed E-state index contributed by atoms with van der Waals surface area (Å²) >= 11 is 0. The molecule has 2 saturated heterocycles. The molecule has 0 aromatic carbocycles. The van der Waals surface area contributed by atoms with Crippen LogP contribution in [0.2, 0.25) is 0 Å². The first-order valence-corrected chi connectivity index (χ1v) is 8.54. The molecule has 20 heavy (non-hydrogen) atoms. The molecule has 2 rings (SSSR count). The summed E-state index contributed by atoms with van der Waals surface area (Å²) in [4.78, 5) is 7.85. The highest BCUT2D eigenvalue weighted by atomic mass is 15.3. The van der Waals surface area contributed by atoms with E-state index in [1.54, 1.807) is 0 Å². The normalized spacial score (nSPS) is 25.5. The maximum atomic E-state index is 2.71. The SMILES string of the molecule is CC(C)C1CCN(CC(C)(C)N2CCN(C)CC2)CC1. The van der Waals surface area contributed by atoms with Crippen molar-refractivity contribution in [1.29, 1.82) is 0 Å². The van der Waals surface area contributed by atoms with E-state index in [0.29, 0.717) is 5.54 Å². The quantitative estimate of drug-likeness (QED) is 0.783. The Balaban J connectivity index is 1.80.